The molecule has 3 heterocycles. The quantitative estimate of drug-likeness (QED) is 0.137. The van der Waals surface area contributed by atoms with E-state index in [-0.39, 0.29) is 20.1 Å². The van der Waals surface area contributed by atoms with Crippen molar-refractivity contribution in [3.63, 3.8) is 0 Å². The van der Waals surface area contributed by atoms with Gasteiger partial charge in [0, 0.05) is 37.9 Å². The molecule has 0 bridgehead atoms. The van der Waals surface area contributed by atoms with Gasteiger partial charge in [-0.1, -0.05) is 71.7 Å². The maximum atomic E-state index is 6.34. The molecule has 6 aromatic rings. The topological polar surface area (TPSA) is 38.9 Å². The van der Waals surface area contributed by atoms with E-state index in [4.69, 9.17) is 4.42 Å². The molecule has 1 fully saturated rings. The first-order valence-electron chi connectivity index (χ1n) is 13.2. The van der Waals surface area contributed by atoms with Crippen molar-refractivity contribution in [2.75, 3.05) is 0 Å². The van der Waals surface area contributed by atoms with Crippen molar-refractivity contribution in [3.8, 4) is 22.5 Å². The van der Waals surface area contributed by atoms with Crippen LogP contribution in [0.3, 0.4) is 0 Å². The number of fused-ring (bicyclic) bond motifs is 3. The Bertz CT molecular complexity index is 1670. The predicted molar refractivity (Wildman–Crippen MR) is 159 cm³/mol. The SMILES string of the molecule is C[Si](C)(C)c1ccc2c(c1)oc1c(-c3cc(C4CC4)ccn3)[c-]ccc12.[Ir].[c-]1ccccc1-c1ccccn1. The summed E-state index contributed by atoms with van der Waals surface area (Å²) in [5, 5.41) is 3.74. The van der Waals surface area contributed by atoms with Crippen molar-refractivity contribution in [1.82, 2.24) is 9.97 Å². The van der Waals surface area contributed by atoms with Crippen LogP contribution in [-0.4, -0.2) is 18.0 Å². The van der Waals surface area contributed by atoms with E-state index in [0.717, 1.165) is 39.1 Å². The fraction of sp³-hybridized carbons (Fsp3) is 0.176. The second-order valence-electron chi connectivity index (χ2n) is 10.9. The van der Waals surface area contributed by atoms with Crippen LogP contribution < -0.4 is 5.19 Å². The Balaban J connectivity index is 0.000000200. The van der Waals surface area contributed by atoms with Crippen molar-refractivity contribution in [2.45, 2.75) is 38.4 Å². The van der Waals surface area contributed by atoms with Gasteiger partial charge in [0.05, 0.1) is 13.7 Å². The predicted octanol–water partition coefficient (Wildman–Crippen LogP) is 8.42. The van der Waals surface area contributed by atoms with Gasteiger partial charge >= 0.3 is 0 Å². The minimum atomic E-state index is -1.37. The van der Waals surface area contributed by atoms with Crippen molar-refractivity contribution < 1.29 is 24.5 Å². The monoisotopic (exact) mass is 703 g/mol. The molecule has 197 valence electrons. The Kier molecular flexibility index (Phi) is 7.95. The molecule has 1 radical (unpaired) electrons. The molecule has 5 heteroatoms. The maximum absolute atomic E-state index is 6.34. The van der Waals surface area contributed by atoms with E-state index in [1.165, 1.54) is 29.0 Å². The molecule has 1 aliphatic rings. The first-order valence-corrected chi connectivity index (χ1v) is 16.7. The molecule has 0 saturated heterocycles. The third kappa shape index (κ3) is 5.96. The summed E-state index contributed by atoms with van der Waals surface area (Å²) >= 11 is 0. The molecular weight excluding hydrogens is 673 g/mol. The van der Waals surface area contributed by atoms with Gasteiger partial charge < -0.3 is 14.4 Å². The van der Waals surface area contributed by atoms with Crippen molar-refractivity contribution in [2.24, 2.45) is 0 Å². The van der Waals surface area contributed by atoms with E-state index in [1.807, 2.05) is 54.7 Å². The summed E-state index contributed by atoms with van der Waals surface area (Å²) < 4.78 is 6.34. The Morgan fingerprint density at radius 3 is 2.31 bits per heavy atom. The summed E-state index contributed by atoms with van der Waals surface area (Å²) in [6.45, 7) is 7.09. The number of benzene rings is 3. The van der Waals surface area contributed by atoms with E-state index in [1.54, 1.807) is 6.20 Å². The molecule has 0 N–H and O–H groups in total. The molecule has 0 amide bonds. The van der Waals surface area contributed by atoms with Gasteiger partial charge in [0.2, 0.25) is 0 Å². The summed E-state index contributed by atoms with van der Waals surface area (Å²) in [7, 11) is -1.37. The zero-order valence-corrected chi connectivity index (χ0v) is 25.8. The summed E-state index contributed by atoms with van der Waals surface area (Å²) in [5.41, 5.74) is 7.20. The number of rotatable bonds is 4. The number of aromatic nitrogens is 2. The van der Waals surface area contributed by atoms with E-state index in [9.17, 15) is 0 Å². The number of nitrogens with zero attached hydrogens (tertiary/aromatic N) is 2. The van der Waals surface area contributed by atoms with Crippen LogP contribution in [0, 0.1) is 12.1 Å². The number of hydrogen-bond acceptors (Lipinski definition) is 3. The zero-order valence-electron chi connectivity index (χ0n) is 22.4. The third-order valence-corrected chi connectivity index (χ3v) is 9.08. The van der Waals surface area contributed by atoms with E-state index >= 15 is 0 Å². The fourth-order valence-corrected chi connectivity index (χ4v) is 5.87. The van der Waals surface area contributed by atoms with Gasteiger partial charge in [0.25, 0.3) is 0 Å². The normalized spacial score (nSPS) is 13.0. The average molecular weight is 703 g/mol. The average Bonchev–Trinajstić information content (AvgIpc) is 3.74. The largest absolute Gasteiger partial charge is 0.501 e. The second-order valence-corrected chi connectivity index (χ2v) is 16.0. The summed E-state index contributed by atoms with van der Waals surface area (Å²) in [6, 6.07) is 35.4. The molecule has 0 unspecified atom stereocenters. The molecule has 1 saturated carbocycles. The standard InChI is InChI=1S/C23H22NOSi.C11H8N.Ir/c1-26(2,3)17-9-10-18-19-5-4-6-20(23(19)25-22(18)14-17)21-13-16(11-12-24-21)15-7-8-15;1-2-6-10(7-3-1)11-8-4-5-9-12-11;/h4-5,9-15H,7-8H2,1-3H3;1-6,8-9H;/q2*-1;. The van der Waals surface area contributed by atoms with Crippen LogP contribution in [0.15, 0.2) is 102 Å². The van der Waals surface area contributed by atoms with E-state index in [2.05, 4.69) is 78.1 Å². The number of furan rings is 1. The Morgan fingerprint density at radius 1 is 0.769 bits per heavy atom. The van der Waals surface area contributed by atoms with Crippen LogP contribution in [0.25, 0.3) is 44.5 Å². The Hall–Kier alpha value is -3.37. The molecule has 3 nitrogen and oxygen atoms in total. The third-order valence-electron chi connectivity index (χ3n) is 7.04. The summed E-state index contributed by atoms with van der Waals surface area (Å²) in [6.07, 6.45) is 6.29. The Labute approximate surface area is 244 Å². The number of pyridine rings is 2. The van der Waals surface area contributed by atoms with Crippen LogP contribution in [0.5, 0.6) is 0 Å². The van der Waals surface area contributed by atoms with Crippen LogP contribution in [0.2, 0.25) is 19.6 Å². The molecule has 7 rings (SSSR count). The van der Waals surface area contributed by atoms with Crippen molar-refractivity contribution in [3.05, 3.63) is 115 Å². The molecule has 0 aliphatic heterocycles. The molecule has 0 spiro atoms. The van der Waals surface area contributed by atoms with Crippen LogP contribution in [-0.2, 0) is 20.1 Å². The van der Waals surface area contributed by atoms with Gasteiger partial charge in [0.15, 0.2) is 0 Å². The van der Waals surface area contributed by atoms with Crippen molar-refractivity contribution >= 4 is 35.2 Å². The van der Waals surface area contributed by atoms with Gasteiger partial charge in [-0.05, 0) is 48.3 Å². The minimum absolute atomic E-state index is 0. The van der Waals surface area contributed by atoms with Crippen molar-refractivity contribution in [1.29, 1.82) is 0 Å². The van der Waals surface area contributed by atoms with Gasteiger partial charge in [0.1, 0.15) is 5.58 Å². The fourth-order valence-electron chi connectivity index (χ4n) is 4.73. The van der Waals surface area contributed by atoms with Gasteiger partial charge in [-0.25, -0.2) is 0 Å². The molecule has 1 aliphatic carbocycles. The smallest absolute Gasteiger partial charge is 0.120 e. The van der Waals surface area contributed by atoms with Crippen LogP contribution >= 0.6 is 0 Å². The first kappa shape index (κ1) is 27.2. The molecule has 3 aromatic carbocycles. The van der Waals surface area contributed by atoms with Gasteiger partial charge in [-0.2, -0.15) is 0 Å². The van der Waals surface area contributed by atoms with Crippen LogP contribution in [0.4, 0.5) is 0 Å². The van der Waals surface area contributed by atoms with Crippen LogP contribution in [0.1, 0.15) is 24.3 Å². The first-order chi connectivity index (χ1) is 18.5. The molecule has 0 atom stereocenters. The van der Waals surface area contributed by atoms with E-state index in [0.29, 0.717) is 5.92 Å². The Morgan fingerprint density at radius 2 is 1.59 bits per heavy atom. The minimum Gasteiger partial charge on any atom is -0.501 e. The summed E-state index contributed by atoms with van der Waals surface area (Å²) in [5.74, 6) is 0.714. The maximum Gasteiger partial charge on any atom is 0.120 e. The van der Waals surface area contributed by atoms with Gasteiger partial charge in [-0.15, -0.1) is 54.1 Å². The molecular formula is C34H30IrN2OSi-2. The second kappa shape index (κ2) is 11.4. The molecule has 39 heavy (non-hydrogen) atoms. The van der Waals surface area contributed by atoms with Gasteiger partial charge in [-0.3, -0.25) is 0 Å². The molecule has 3 aromatic heterocycles. The summed E-state index contributed by atoms with van der Waals surface area (Å²) in [4.78, 5) is 8.83. The number of hydrogen-bond donors (Lipinski definition) is 0. The zero-order chi connectivity index (χ0) is 26.1. The van der Waals surface area contributed by atoms with E-state index < -0.39 is 8.07 Å².